The molecule has 14 heavy (non-hydrogen) atoms. The van der Waals surface area contributed by atoms with Crippen LogP contribution in [0.5, 0.6) is 0 Å². The van der Waals surface area contributed by atoms with Gasteiger partial charge in [0.2, 0.25) is 0 Å². The van der Waals surface area contributed by atoms with Gasteiger partial charge in [0.1, 0.15) is 5.71 Å². The summed E-state index contributed by atoms with van der Waals surface area (Å²) in [6.07, 6.45) is -0.708. The summed E-state index contributed by atoms with van der Waals surface area (Å²) in [6.45, 7) is 2.06. The van der Waals surface area contributed by atoms with Crippen molar-refractivity contribution in [1.82, 2.24) is 0 Å². The lowest BCUT2D eigenvalue weighted by molar-refractivity contribution is 0.225. The minimum Gasteiger partial charge on any atom is -0.299 e. The summed E-state index contributed by atoms with van der Waals surface area (Å²) >= 11 is 0. The molecule has 1 rings (SSSR count). The molecular formula is C11H13F2N. The van der Waals surface area contributed by atoms with Crippen LogP contribution >= 0.6 is 0 Å². The van der Waals surface area contributed by atoms with Gasteiger partial charge in [-0.15, -0.1) is 0 Å². The van der Waals surface area contributed by atoms with Gasteiger partial charge in [-0.2, -0.15) is 0 Å². The van der Waals surface area contributed by atoms with E-state index in [9.17, 15) is 8.78 Å². The van der Waals surface area contributed by atoms with Crippen LogP contribution in [-0.2, 0) is 6.42 Å². The highest BCUT2D eigenvalue weighted by Gasteiger charge is 2.12. The molecule has 0 saturated carbocycles. The van der Waals surface area contributed by atoms with Crippen LogP contribution < -0.4 is 0 Å². The van der Waals surface area contributed by atoms with Crippen LogP contribution in [-0.4, -0.2) is 12.1 Å². The zero-order chi connectivity index (χ0) is 10.6. The van der Waals surface area contributed by atoms with Gasteiger partial charge < -0.3 is 0 Å². The second-order valence-electron chi connectivity index (χ2n) is 3.16. The number of nitrogens with one attached hydrogen (secondary N) is 1. The highest BCUT2D eigenvalue weighted by molar-refractivity contribution is 6.00. The summed E-state index contributed by atoms with van der Waals surface area (Å²) in [5, 5.41) is 7.11. The largest absolute Gasteiger partial charge is 0.299 e. The summed E-state index contributed by atoms with van der Waals surface area (Å²) in [5.74, 6) is 0. The van der Waals surface area contributed by atoms with Crippen molar-refractivity contribution >= 4 is 5.71 Å². The van der Waals surface area contributed by atoms with Crippen molar-refractivity contribution in [1.29, 1.82) is 5.41 Å². The monoisotopic (exact) mass is 197 g/mol. The van der Waals surface area contributed by atoms with Crippen molar-refractivity contribution in [3.05, 3.63) is 35.4 Å². The number of alkyl halides is 2. The van der Waals surface area contributed by atoms with E-state index < -0.39 is 12.1 Å². The zero-order valence-electron chi connectivity index (χ0n) is 8.06. The third kappa shape index (κ3) is 2.62. The molecule has 0 unspecified atom stereocenters. The first-order valence-electron chi connectivity index (χ1n) is 4.61. The van der Waals surface area contributed by atoms with E-state index in [-0.39, 0.29) is 0 Å². The lowest BCUT2D eigenvalue weighted by Crippen LogP contribution is -2.09. The van der Waals surface area contributed by atoms with Crippen LogP contribution in [0.3, 0.4) is 0 Å². The van der Waals surface area contributed by atoms with E-state index in [4.69, 9.17) is 5.41 Å². The van der Waals surface area contributed by atoms with Crippen molar-refractivity contribution < 1.29 is 8.78 Å². The number of rotatable bonds is 4. The number of hydrogen-bond donors (Lipinski definition) is 1. The van der Waals surface area contributed by atoms with Gasteiger partial charge in [0.05, 0.1) is 0 Å². The van der Waals surface area contributed by atoms with Crippen molar-refractivity contribution in [2.45, 2.75) is 26.2 Å². The van der Waals surface area contributed by atoms with E-state index in [0.29, 0.717) is 5.56 Å². The Morgan fingerprint density at radius 1 is 1.29 bits per heavy atom. The molecule has 0 spiro atoms. The fraction of sp³-hybridized carbons (Fsp3) is 0.364. The normalized spacial score (nSPS) is 10.6. The van der Waals surface area contributed by atoms with E-state index in [1.807, 2.05) is 0 Å². The van der Waals surface area contributed by atoms with Gasteiger partial charge in [-0.05, 0) is 12.0 Å². The van der Waals surface area contributed by atoms with E-state index in [0.717, 1.165) is 18.4 Å². The third-order valence-corrected chi connectivity index (χ3v) is 2.02. The molecule has 0 aliphatic heterocycles. The van der Waals surface area contributed by atoms with Crippen molar-refractivity contribution in [2.24, 2.45) is 0 Å². The first-order chi connectivity index (χ1) is 6.65. The molecule has 0 amide bonds. The average molecular weight is 197 g/mol. The molecule has 0 heterocycles. The van der Waals surface area contributed by atoms with Crippen LogP contribution in [0.4, 0.5) is 8.78 Å². The molecule has 3 heteroatoms. The SMILES string of the molecule is CCCc1ccc(C(=N)C(F)F)cc1. The molecule has 0 bridgehead atoms. The number of aryl methyl sites for hydroxylation is 1. The number of hydrogen-bond acceptors (Lipinski definition) is 1. The predicted molar refractivity (Wildman–Crippen MR) is 53.3 cm³/mol. The van der Waals surface area contributed by atoms with Crippen LogP contribution in [0.15, 0.2) is 24.3 Å². The topological polar surface area (TPSA) is 23.9 Å². The summed E-state index contributed by atoms with van der Waals surface area (Å²) in [6, 6.07) is 6.77. The molecule has 1 aromatic carbocycles. The summed E-state index contributed by atoms with van der Waals surface area (Å²) < 4.78 is 24.3. The second kappa shape index (κ2) is 4.84. The summed E-state index contributed by atoms with van der Waals surface area (Å²) in [5.41, 5.74) is 0.825. The standard InChI is InChI=1S/C11H13F2N/c1-2-3-8-4-6-9(7-5-8)10(14)11(12)13/h4-7,11,14H,2-3H2,1H3. The molecule has 0 radical (unpaired) electrons. The fourth-order valence-corrected chi connectivity index (χ4v) is 1.27. The van der Waals surface area contributed by atoms with Gasteiger partial charge in [0.25, 0.3) is 6.43 Å². The molecule has 76 valence electrons. The van der Waals surface area contributed by atoms with Gasteiger partial charge in [-0.1, -0.05) is 37.6 Å². The van der Waals surface area contributed by atoms with E-state index >= 15 is 0 Å². The second-order valence-corrected chi connectivity index (χ2v) is 3.16. The van der Waals surface area contributed by atoms with Gasteiger partial charge in [-0.25, -0.2) is 8.78 Å². The average Bonchev–Trinajstić information content (AvgIpc) is 2.18. The Bertz CT molecular complexity index is 304. The molecule has 0 aromatic heterocycles. The maximum Gasteiger partial charge on any atom is 0.280 e. The highest BCUT2D eigenvalue weighted by Crippen LogP contribution is 2.10. The van der Waals surface area contributed by atoms with Gasteiger partial charge in [0.15, 0.2) is 0 Å². The molecule has 1 N–H and O–H groups in total. The van der Waals surface area contributed by atoms with Crippen molar-refractivity contribution in [3.63, 3.8) is 0 Å². The minimum absolute atomic E-state index is 0.305. The van der Waals surface area contributed by atoms with E-state index in [1.54, 1.807) is 24.3 Å². The van der Waals surface area contributed by atoms with Gasteiger partial charge in [0, 0.05) is 5.56 Å². The van der Waals surface area contributed by atoms with Crippen molar-refractivity contribution in [3.8, 4) is 0 Å². The highest BCUT2D eigenvalue weighted by atomic mass is 19.3. The summed E-state index contributed by atoms with van der Waals surface area (Å²) in [4.78, 5) is 0. The Labute approximate surface area is 82.3 Å². The Balaban J connectivity index is 2.78. The lowest BCUT2D eigenvalue weighted by Gasteiger charge is -2.04. The zero-order valence-corrected chi connectivity index (χ0v) is 8.06. The molecular weight excluding hydrogens is 184 g/mol. The maximum absolute atomic E-state index is 12.1. The van der Waals surface area contributed by atoms with Gasteiger partial charge >= 0.3 is 0 Å². The predicted octanol–water partition coefficient (Wildman–Crippen LogP) is 3.27. The van der Waals surface area contributed by atoms with Crippen LogP contribution in [0.25, 0.3) is 0 Å². The number of benzene rings is 1. The first-order valence-corrected chi connectivity index (χ1v) is 4.61. The first kappa shape index (κ1) is 10.8. The van der Waals surface area contributed by atoms with Crippen molar-refractivity contribution in [2.75, 3.05) is 0 Å². The van der Waals surface area contributed by atoms with Gasteiger partial charge in [-0.3, -0.25) is 5.41 Å². The Kier molecular flexibility index (Phi) is 3.74. The quantitative estimate of drug-likeness (QED) is 0.716. The smallest absolute Gasteiger partial charge is 0.280 e. The van der Waals surface area contributed by atoms with Crippen LogP contribution in [0.1, 0.15) is 24.5 Å². The minimum atomic E-state index is -2.69. The molecule has 0 aliphatic rings. The van der Waals surface area contributed by atoms with E-state index in [2.05, 4.69) is 6.92 Å². The van der Waals surface area contributed by atoms with Crippen LogP contribution in [0, 0.1) is 5.41 Å². The Morgan fingerprint density at radius 2 is 1.86 bits per heavy atom. The molecule has 0 fully saturated rings. The van der Waals surface area contributed by atoms with Crippen LogP contribution in [0.2, 0.25) is 0 Å². The molecule has 1 nitrogen and oxygen atoms in total. The Morgan fingerprint density at radius 3 is 2.29 bits per heavy atom. The number of halogens is 2. The maximum atomic E-state index is 12.1. The molecule has 0 saturated heterocycles. The molecule has 0 atom stereocenters. The fourth-order valence-electron chi connectivity index (χ4n) is 1.27. The van der Waals surface area contributed by atoms with E-state index in [1.165, 1.54) is 0 Å². The third-order valence-electron chi connectivity index (χ3n) is 2.02. The summed E-state index contributed by atoms with van der Waals surface area (Å²) in [7, 11) is 0. The lowest BCUT2D eigenvalue weighted by atomic mass is 10.1. The molecule has 0 aliphatic carbocycles. The molecule has 1 aromatic rings. The Hall–Kier alpha value is -1.25.